The second-order valence-corrected chi connectivity index (χ2v) is 7.11. The summed E-state index contributed by atoms with van der Waals surface area (Å²) in [5.74, 6) is 1.63. The van der Waals surface area contributed by atoms with Gasteiger partial charge in [0.1, 0.15) is 5.82 Å². The third kappa shape index (κ3) is 4.72. The van der Waals surface area contributed by atoms with Gasteiger partial charge in [-0.3, -0.25) is 4.79 Å². The third-order valence-electron chi connectivity index (χ3n) is 4.59. The number of hydrogen-bond donors (Lipinski definition) is 1. The van der Waals surface area contributed by atoms with E-state index in [1.807, 2.05) is 36.4 Å². The molecule has 0 atom stereocenters. The van der Waals surface area contributed by atoms with Gasteiger partial charge >= 0.3 is 0 Å². The maximum atomic E-state index is 12.2. The Hall–Kier alpha value is -2.62. The summed E-state index contributed by atoms with van der Waals surface area (Å²) in [6, 6.07) is 18.3. The number of hydrogen-bond acceptors (Lipinski definition) is 2. The summed E-state index contributed by atoms with van der Waals surface area (Å²) in [6.07, 6.45) is 2.35. The standard InChI is InChI=1S/C22H27N3O/c1-17(2)14-15-25-20-11-7-6-10-19(20)24-21(25)16-23-22(26)13-12-18-8-4-3-5-9-18/h3-11,17H,12-16H2,1-2H3,(H,23,26). The first-order chi connectivity index (χ1) is 12.6. The van der Waals surface area contributed by atoms with Crippen LogP contribution in [0.3, 0.4) is 0 Å². The van der Waals surface area contributed by atoms with Gasteiger partial charge in [-0.1, -0.05) is 56.3 Å². The number of aromatic nitrogens is 2. The van der Waals surface area contributed by atoms with Crippen LogP contribution in [0.4, 0.5) is 0 Å². The molecule has 136 valence electrons. The molecule has 0 saturated heterocycles. The van der Waals surface area contributed by atoms with Gasteiger partial charge in [0, 0.05) is 13.0 Å². The summed E-state index contributed by atoms with van der Waals surface area (Å²) in [5.41, 5.74) is 3.32. The third-order valence-corrected chi connectivity index (χ3v) is 4.59. The molecule has 3 rings (SSSR count). The van der Waals surface area contributed by atoms with Crippen molar-refractivity contribution in [2.24, 2.45) is 5.92 Å². The number of carbonyl (C=O) groups is 1. The minimum Gasteiger partial charge on any atom is -0.349 e. The lowest BCUT2D eigenvalue weighted by Gasteiger charge is -2.12. The maximum absolute atomic E-state index is 12.2. The Bertz CT molecular complexity index is 852. The lowest BCUT2D eigenvalue weighted by atomic mass is 10.1. The summed E-state index contributed by atoms with van der Waals surface area (Å²) in [5, 5.41) is 3.04. The largest absolute Gasteiger partial charge is 0.349 e. The maximum Gasteiger partial charge on any atom is 0.220 e. The van der Waals surface area contributed by atoms with Crippen LogP contribution in [0.1, 0.15) is 38.1 Å². The van der Waals surface area contributed by atoms with Gasteiger partial charge in [0.15, 0.2) is 0 Å². The molecule has 1 N–H and O–H groups in total. The minimum absolute atomic E-state index is 0.0660. The Kier molecular flexibility index (Phi) is 6.05. The molecular formula is C22H27N3O. The van der Waals surface area contributed by atoms with E-state index >= 15 is 0 Å². The van der Waals surface area contributed by atoms with Crippen molar-refractivity contribution < 1.29 is 4.79 Å². The predicted octanol–water partition coefficient (Wildman–Crippen LogP) is 4.33. The lowest BCUT2D eigenvalue weighted by Crippen LogP contribution is -2.25. The number of nitrogens with one attached hydrogen (secondary N) is 1. The Labute approximate surface area is 155 Å². The van der Waals surface area contributed by atoms with Crippen molar-refractivity contribution in [3.63, 3.8) is 0 Å². The number of imidazole rings is 1. The zero-order valence-corrected chi connectivity index (χ0v) is 15.6. The van der Waals surface area contributed by atoms with Crippen molar-refractivity contribution in [2.75, 3.05) is 0 Å². The summed E-state index contributed by atoms with van der Waals surface area (Å²) in [7, 11) is 0. The molecule has 0 bridgehead atoms. The molecule has 3 aromatic rings. The average molecular weight is 349 g/mol. The predicted molar refractivity (Wildman–Crippen MR) is 106 cm³/mol. The van der Waals surface area contributed by atoms with E-state index in [1.54, 1.807) is 0 Å². The fraction of sp³-hybridized carbons (Fsp3) is 0.364. The molecule has 0 saturated carbocycles. The molecule has 1 aromatic heterocycles. The van der Waals surface area contributed by atoms with Gasteiger partial charge in [0.05, 0.1) is 17.6 Å². The molecule has 1 heterocycles. The zero-order valence-electron chi connectivity index (χ0n) is 15.6. The lowest BCUT2D eigenvalue weighted by molar-refractivity contribution is -0.121. The summed E-state index contributed by atoms with van der Waals surface area (Å²) in [6.45, 7) is 5.85. The minimum atomic E-state index is 0.0660. The van der Waals surface area contributed by atoms with Gasteiger partial charge < -0.3 is 9.88 Å². The van der Waals surface area contributed by atoms with E-state index in [1.165, 1.54) is 5.56 Å². The highest BCUT2D eigenvalue weighted by atomic mass is 16.1. The molecule has 0 radical (unpaired) electrons. The quantitative estimate of drug-likeness (QED) is 0.658. The smallest absolute Gasteiger partial charge is 0.220 e. The van der Waals surface area contributed by atoms with Crippen LogP contribution in [0, 0.1) is 5.92 Å². The molecule has 26 heavy (non-hydrogen) atoms. The molecule has 0 aliphatic carbocycles. The number of para-hydroxylation sites is 2. The number of carbonyl (C=O) groups excluding carboxylic acids is 1. The Morgan fingerprint density at radius 2 is 1.81 bits per heavy atom. The molecule has 0 fully saturated rings. The number of nitrogens with zero attached hydrogens (tertiary/aromatic N) is 2. The number of aryl methyl sites for hydroxylation is 2. The second-order valence-electron chi connectivity index (χ2n) is 7.11. The van der Waals surface area contributed by atoms with Crippen molar-refractivity contribution in [3.8, 4) is 0 Å². The first-order valence-corrected chi connectivity index (χ1v) is 9.38. The van der Waals surface area contributed by atoms with Gasteiger partial charge in [0.25, 0.3) is 0 Å². The van der Waals surface area contributed by atoms with Crippen molar-refractivity contribution in [3.05, 3.63) is 66.0 Å². The molecule has 1 amide bonds. The van der Waals surface area contributed by atoms with E-state index in [2.05, 4.69) is 41.9 Å². The fourth-order valence-electron chi connectivity index (χ4n) is 3.07. The highest BCUT2D eigenvalue weighted by Crippen LogP contribution is 2.18. The fourth-order valence-corrected chi connectivity index (χ4v) is 3.07. The number of rotatable bonds is 8. The van der Waals surface area contributed by atoms with Crippen LogP contribution in [-0.2, 0) is 24.3 Å². The first kappa shape index (κ1) is 18.2. The molecule has 4 nitrogen and oxygen atoms in total. The van der Waals surface area contributed by atoms with Crippen LogP contribution < -0.4 is 5.32 Å². The molecule has 0 unspecified atom stereocenters. The van der Waals surface area contributed by atoms with Crippen LogP contribution >= 0.6 is 0 Å². The summed E-state index contributed by atoms with van der Waals surface area (Å²) >= 11 is 0. The highest BCUT2D eigenvalue weighted by molar-refractivity contribution is 5.77. The SMILES string of the molecule is CC(C)CCn1c(CNC(=O)CCc2ccccc2)nc2ccccc21. The van der Waals surface area contributed by atoms with Crippen molar-refractivity contribution in [1.29, 1.82) is 0 Å². The molecule has 2 aromatic carbocycles. The number of fused-ring (bicyclic) bond motifs is 1. The second kappa shape index (κ2) is 8.65. The monoisotopic (exact) mass is 349 g/mol. The Morgan fingerprint density at radius 3 is 2.58 bits per heavy atom. The van der Waals surface area contributed by atoms with Crippen molar-refractivity contribution >= 4 is 16.9 Å². The van der Waals surface area contributed by atoms with Gasteiger partial charge in [-0.2, -0.15) is 0 Å². The number of amides is 1. The van der Waals surface area contributed by atoms with Gasteiger partial charge in [-0.25, -0.2) is 4.98 Å². The van der Waals surface area contributed by atoms with Gasteiger partial charge in [0.2, 0.25) is 5.91 Å². The van der Waals surface area contributed by atoms with E-state index in [4.69, 9.17) is 4.98 Å². The highest BCUT2D eigenvalue weighted by Gasteiger charge is 2.12. The Morgan fingerprint density at radius 1 is 1.08 bits per heavy atom. The van der Waals surface area contributed by atoms with Crippen LogP contribution in [-0.4, -0.2) is 15.5 Å². The van der Waals surface area contributed by atoms with Crippen LogP contribution in [0.2, 0.25) is 0 Å². The molecule has 4 heteroatoms. The molecular weight excluding hydrogens is 322 g/mol. The van der Waals surface area contributed by atoms with Crippen LogP contribution in [0.15, 0.2) is 54.6 Å². The van der Waals surface area contributed by atoms with E-state index in [-0.39, 0.29) is 5.91 Å². The molecule has 0 aliphatic heterocycles. The summed E-state index contributed by atoms with van der Waals surface area (Å²) < 4.78 is 2.24. The van der Waals surface area contributed by atoms with Crippen LogP contribution in [0.25, 0.3) is 11.0 Å². The molecule has 0 aliphatic rings. The average Bonchev–Trinajstić information content (AvgIpc) is 3.01. The first-order valence-electron chi connectivity index (χ1n) is 9.38. The van der Waals surface area contributed by atoms with E-state index in [0.717, 1.165) is 36.2 Å². The zero-order chi connectivity index (χ0) is 18.4. The van der Waals surface area contributed by atoms with E-state index < -0.39 is 0 Å². The van der Waals surface area contributed by atoms with Gasteiger partial charge in [-0.15, -0.1) is 0 Å². The van der Waals surface area contributed by atoms with E-state index in [0.29, 0.717) is 18.9 Å². The van der Waals surface area contributed by atoms with Crippen molar-refractivity contribution in [2.45, 2.75) is 46.2 Å². The van der Waals surface area contributed by atoms with Crippen LogP contribution in [0.5, 0.6) is 0 Å². The van der Waals surface area contributed by atoms with E-state index in [9.17, 15) is 4.79 Å². The van der Waals surface area contributed by atoms with Gasteiger partial charge in [-0.05, 0) is 36.5 Å². The van der Waals surface area contributed by atoms with Crippen molar-refractivity contribution in [1.82, 2.24) is 14.9 Å². The molecule has 0 spiro atoms. The number of benzene rings is 2. The topological polar surface area (TPSA) is 46.9 Å². The Balaban J connectivity index is 1.64. The summed E-state index contributed by atoms with van der Waals surface area (Å²) in [4.78, 5) is 17.0. The normalized spacial score (nSPS) is 11.2.